The van der Waals surface area contributed by atoms with E-state index in [1.54, 1.807) is 20.5 Å². The van der Waals surface area contributed by atoms with Crippen molar-refractivity contribution in [3.05, 3.63) is 41.6 Å². The number of carbonyl (C=O) groups is 2. The summed E-state index contributed by atoms with van der Waals surface area (Å²) in [5.74, 6) is 0.401. The van der Waals surface area contributed by atoms with Crippen LogP contribution in [0, 0.1) is 6.92 Å². The minimum absolute atomic E-state index is 0.0970. The first-order chi connectivity index (χ1) is 15.2. The molecule has 1 atom stereocenters. The Hall–Kier alpha value is -3.04. The molecule has 2 aliphatic heterocycles. The lowest BCUT2D eigenvalue weighted by molar-refractivity contribution is -0.137. The molecule has 172 valence electrons. The van der Waals surface area contributed by atoms with Crippen LogP contribution in [0.2, 0.25) is 0 Å². The minimum Gasteiger partial charge on any atom is -0.368 e. The maximum Gasteiger partial charge on any atom is 0.416 e. The SMILES string of the molecule is CC[C@@H](C(=O)N1CCN(c2cccc(C(F)(F)F)c2)CC1)N1C(=O)CCn2nc(C)cc21. The van der Waals surface area contributed by atoms with Gasteiger partial charge in [-0.05, 0) is 31.5 Å². The summed E-state index contributed by atoms with van der Waals surface area (Å²) in [6.45, 7) is 5.83. The number of halogens is 3. The van der Waals surface area contributed by atoms with E-state index in [-0.39, 0.29) is 11.8 Å². The first kappa shape index (κ1) is 22.2. The number of alkyl halides is 3. The number of rotatable bonds is 4. The van der Waals surface area contributed by atoms with E-state index in [0.717, 1.165) is 17.8 Å². The first-order valence-corrected chi connectivity index (χ1v) is 10.8. The van der Waals surface area contributed by atoms with Gasteiger partial charge in [0.25, 0.3) is 0 Å². The molecule has 0 bridgehead atoms. The molecule has 1 saturated heterocycles. The van der Waals surface area contributed by atoms with Crippen molar-refractivity contribution < 1.29 is 22.8 Å². The number of aryl methyl sites for hydroxylation is 2. The molecule has 10 heteroatoms. The number of amides is 2. The average molecular weight is 449 g/mol. The fourth-order valence-electron chi connectivity index (χ4n) is 4.42. The minimum atomic E-state index is -4.39. The highest BCUT2D eigenvalue weighted by Crippen LogP contribution is 2.32. The molecule has 1 aromatic carbocycles. The Bertz CT molecular complexity index is 1010. The van der Waals surface area contributed by atoms with Crippen LogP contribution < -0.4 is 9.80 Å². The molecule has 32 heavy (non-hydrogen) atoms. The predicted octanol–water partition coefficient (Wildman–Crippen LogP) is 3.07. The molecule has 3 heterocycles. The van der Waals surface area contributed by atoms with Crippen molar-refractivity contribution in [1.82, 2.24) is 14.7 Å². The molecule has 4 rings (SSSR count). The maximum atomic E-state index is 13.4. The third kappa shape index (κ3) is 4.18. The fourth-order valence-corrected chi connectivity index (χ4v) is 4.42. The van der Waals surface area contributed by atoms with E-state index in [1.165, 1.54) is 6.07 Å². The quantitative estimate of drug-likeness (QED) is 0.720. The van der Waals surface area contributed by atoms with Crippen LogP contribution in [0.1, 0.15) is 31.0 Å². The smallest absolute Gasteiger partial charge is 0.368 e. The highest BCUT2D eigenvalue weighted by molar-refractivity contribution is 6.01. The molecule has 1 fully saturated rings. The summed E-state index contributed by atoms with van der Waals surface area (Å²) in [6.07, 6.45) is -3.64. The van der Waals surface area contributed by atoms with Crippen LogP contribution in [0.5, 0.6) is 0 Å². The summed E-state index contributed by atoms with van der Waals surface area (Å²) in [6, 6.07) is 6.43. The number of anilines is 2. The average Bonchev–Trinajstić information content (AvgIpc) is 3.15. The Morgan fingerprint density at radius 3 is 2.50 bits per heavy atom. The molecule has 0 saturated carbocycles. The Morgan fingerprint density at radius 1 is 1.12 bits per heavy atom. The van der Waals surface area contributed by atoms with Crippen LogP contribution in [-0.2, 0) is 22.3 Å². The molecular weight excluding hydrogens is 423 g/mol. The van der Waals surface area contributed by atoms with Gasteiger partial charge < -0.3 is 9.80 Å². The normalized spacial score (nSPS) is 18.0. The molecule has 1 aromatic heterocycles. The van der Waals surface area contributed by atoms with Gasteiger partial charge in [-0.25, -0.2) is 4.68 Å². The zero-order chi connectivity index (χ0) is 23.0. The Kier molecular flexibility index (Phi) is 5.87. The second kappa shape index (κ2) is 8.48. The lowest BCUT2D eigenvalue weighted by Gasteiger charge is -2.40. The second-order valence-electron chi connectivity index (χ2n) is 8.17. The second-order valence-corrected chi connectivity index (χ2v) is 8.17. The van der Waals surface area contributed by atoms with E-state index in [0.29, 0.717) is 57.1 Å². The van der Waals surface area contributed by atoms with Gasteiger partial charge in [-0.3, -0.25) is 14.5 Å². The Morgan fingerprint density at radius 2 is 1.84 bits per heavy atom. The van der Waals surface area contributed by atoms with Gasteiger partial charge >= 0.3 is 6.18 Å². The molecule has 2 aromatic rings. The van der Waals surface area contributed by atoms with Gasteiger partial charge in [0.2, 0.25) is 11.8 Å². The number of carbonyl (C=O) groups excluding carboxylic acids is 2. The third-order valence-corrected chi connectivity index (χ3v) is 6.05. The zero-order valence-corrected chi connectivity index (χ0v) is 18.1. The van der Waals surface area contributed by atoms with Crippen molar-refractivity contribution in [2.24, 2.45) is 0 Å². The molecule has 0 unspecified atom stereocenters. The number of nitrogens with zero attached hydrogens (tertiary/aromatic N) is 5. The third-order valence-electron chi connectivity index (χ3n) is 6.05. The molecule has 0 spiro atoms. The fraction of sp³-hybridized carbons (Fsp3) is 0.500. The van der Waals surface area contributed by atoms with Gasteiger partial charge in [0.05, 0.1) is 17.8 Å². The lowest BCUT2D eigenvalue weighted by Crippen LogP contribution is -2.57. The van der Waals surface area contributed by atoms with Crippen molar-refractivity contribution in [1.29, 1.82) is 0 Å². The van der Waals surface area contributed by atoms with Gasteiger partial charge in [-0.2, -0.15) is 18.3 Å². The number of hydrogen-bond acceptors (Lipinski definition) is 4. The number of benzene rings is 1. The summed E-state index contributed by atoms with van der Waals surface area (Å²) in [7, 11) is 0. The molecule has 2 aliphatic rings. The van der Waals surface area contributed by atoms with Crippen molar-refractivity contribution >= 4 is 23.3 Å². The van der Waals surface area contributed by atoms with Gasteiger partial charge in [-0.15, -0.1) is 0 Å². The van der Waals surface area contributed by atoms with Crippen molar-refractivity contribution in [3.63, 3.8) is 0 Å². The van der Waals surface area contributed by atoms with Crippen LogP contribution in [0.3, 0.4) is 0 Å². The molecule has 7 nitrogen and oxygen atoms in total. The highest BCUT2D eigenvalue weighted by atomic mass is 19.4. The van der Waals surface area contributed by atoms with Crippen LogP contribution in [0.25, 0.3) is 0 Å². The van der Waals surface area contributed by atoms with Crippen molar-refractivity contribution in [3.8, 4) is 0 Å². The molecule has 0 radical (unpaired) electrons. The molecule has 0 N–H and O–H groups in total. The topological polar surface area (TPSA) is 61.7 Å². The highest BCUT2D eigenvalue weighted by Gasteiger charge is 2.38. The summed E-state index contributed by atoms with van der Waals surface area (Å²) in [5, 5.41) is 4.40. The van der Waals surface area contributed by atoms with E-state index in [1.807, 2.05) is 24.8 Å². The number of hydrogen-bond donors (Lipinski definition) is 0. The van der Waals surface area contributed by atoms with E-state index in [4.69, 9.17) is 0 Å². The number of fused-ring (bicyclic) bond motifs is 1. The van der Waals surface area contributed by atoms with Gasteiger partial charge in [0.15, 0.2) is 0 Å². The molecular formula is C22H26F3N5O2. The summed E-state index contributed by atoms with van der Waals surface area (Å²) in [4.78, 5) is 31.2. The van der Waals surface area contributed by atoms with E-state index < -0.39 is 17.8 Å². The number of piperazine rings is 1. The van der Waals surface area contributed by atoms with Gasteiger partial charge in [0, 0.05) is 44.4 Å². The zero-order valence-electron chi connectivity index (χ0n) is 18.1. The molecule has 0 aliphatic carbocycles. The van der Waals surface area contributed by atoms with Crippen LogP contribution in [-0.4, -0.2) is 58.7 Å². The monoisotopic (exact) mass is 449 g/mol. The molecule has 2 amide bonds. The van der Waals surface area contributed by atoms with E-state index in [2.05, 4.69) is 5.10 Å². The number of aromatic nitrogens is 2. The Balaban J connectivity index is 1.47. The maximum absolute atomic E-state index is 13.4. The summed E-state index contributed by atoms with van der Waals surface area (Å²) in [5.41, 5.74) is 0.594. The van der Waals surface area contributed by atoms with Crippen LogP contribution >= 0.6 is 0 Å². The van der Waals surface area contributed by atoms with Gasteiger partial charge in [0.1, 0.15) is 11.9 Å². The van der Waals surface area contributed by atoms with E-state index in [9.17, 15) is 22.8 Å². The van der Waals surface area contributed by atoms with Crippen molar-refractivity contribution in [2.45, 2.75) is 45.5 Å². The van der Waals surface area contributed by atoms with Crippen LogP contribution in [0.4, 0.5) is 24.7 Å². The lowest BCUT2D eigenvalue weighted by atomic mass is 10.1. The summed E-state index contributed by atoms with van der Waals surface area (Å²) < 4.78 is 40.9. The van der Waals surface area contributed by atoms with Crippen molar-refractivity contribution in [2.75, 3.05) is 36.0 Å². The van der Waals surface area contributed by atoms with E-state index >= 15 is 0 Å². The Labute approximate surface area is 184 Å². The van der Waals surface area contributed by atoms with Gasteiger partial charge in [-0.1, -0.05) is 13.0 Å². The predicted molar refractivity (Wildman–Crippen MR) is 113 cm³/mol. The largest absolute Gasteiger partial charge is 0.416 e. The first-order valence-electron chi connectivity index (χ1n) is 10.8. The standard InChI is InChI=1S/C22H26F3N5O2/c1-3-18(30-19-13-15(2)26-29(19)8-7-20(30)31)21(32)28-11-9-27(10-12-28)17-6-4-5-16(14-17)22(23,24)25/h4-6,13-14,18H,3,7-12H2,1-2H3/t18-/m0/s1. The van der Waals surface area contributed by atoms with Crippen LogP contribution in [0.15, 0.2) is 30.3 Å². The summed E-state index contributed by atoms with van der Waals surface area (Å²) >= 11 is 0.